The minimum atomic E-state index is -2.47. The molecule has 0 saturated carbocycles. The zero-order chi connectivity index (χ0) is 22.9. The number of hydrogen-bond acceptors (Lipinski definition) is 8. The van der Waals surface area contributed by atoms with Gasteiger partial charge < -0.3 is 24.1 Å². The van der Waals surface area contributed by atoms with Gasteiger partial charge in [0.1, 0.15) is 29.2 Å². The molecule has 0 aliphatic carbocycles. The van der Waals surface area contributed by atoms with Crippen LogP contribution in [-0.2, 0) is 16.4 Å². The number of aromatic nitrogens is 5. The van der Waals surface area contributed by atoms with Crippen LogP contribution in [0.1, 0.15) is 29.2 Å². The number of fused-ring (bicyclic) bond motifs is 1. The Kier molecular flexibility index (Phi) is 4.37. The molecule has 10 heteroatoms. The molecule has 1 N–H and O–H groups in total. The zero-order valence-corrected chi connectivity index (χ0v) is 16.1. The highest BCUT2D eigenvalue weighted by atomic mass is 16.6. The molecule has 4 heterocycles. The van der Waals surface area contributed by atoms with Gasteiger partial charge in [0.05, 0.1) is 32.1 Å². The summed E-state index contributed by atoms with van der Waals surface area (Å²) < 4.78 is 42.0. The molecule has 1 aliphatic heterocycles. The summed E-state index contributed by atoms with van der Waals surface area (Å²) in [5.74, 6) is 0.338. The van der Waals surface area contributed by atoms with E-state index < -0.39 is 6.98 Å². The van der Waals surface area contributed by atoms with Crippen LogP contribution in [0.25, 0.3) is 11.0 Å². The van der Waals surface area contributed by atoms with Crippen molar-refractivity contribution in [1.29, 1.82) is 5.26 Å². The lowest BCUT2D eigenvalue weighted by Gasteiger charge is -2.15. The van der Waals surface area contributed by atoms with Gasteiger partial charge in [-0.25, -0.2) is 4.98 Å². The van der Waals surface area contributed by atoms with Gasteiger partial charge in [-0.2, -0.15) is 10.2 Å². The van der Waals surface area contributed by atoms with Crippen LogP contribution in [0.2, 0.25) is 0 Å². The van der Waals surface area contributed by atoms with Gasteiger partial charge in [0.25, 0.3) is 5.88 Å². The van der Waals surface area contributed by atoms with Crippen LogP contribution in [0, 0.1) is 11.3 Å². The molecule has 0 aromatic carbocycles. The first-order valence-electron chi connectivity index (χ1n) is 10.7. The second kappa shape index (κ2) is 8.06. The summed E-state index contributed by atoms with van der Waals surface area (Å²) in [5, 5.41) is 17.3. The van der Waals surface area contributed by atoms with Gasteiger partial charge in [-0.3, -0.25) is 4.68 Å². The van der Waals surface area contributed by atoms with Gasteiger partial charge >= 0.3 is 0 Å². The predicted octanol–water partition coefficient (Wildman–Crippen LogP) is 2.16. The van der Waals surface area contributed by atoms with Crippen LogP contribution < -0.4 is 10.1 Å². The Morgan fingerprint density at radius 1 is 1.55 bits per heavy atom. The second-order valence-electron chi connectivity index (χ2n) is 6.81. The largest absolute Gasteiger partial charge is 0.469 e. The van der Waals surface area contributed by atoms with E-state index in [1.165, 1.54) is 6.20 Å². The van der Waals surface area contributed by atoms with Gasteiger partial charge in [0.2, 0.25) is 5.95 Å². The fourth-order valence-corrected chi connectivity index (χ4v) is 3.33. The molecule has 2 atom stereocenters. The highest BCUT2D eigenvalue weighted by molar-refractivity contribution is 5.79. The fourth-order valence-electron chi connectivity index (χ4n) is 3.33. The Bertz CT molecular complexity index is 1150. The van der Waals surface area contributed by atoms with Crippen molar-refractivity contribution in [2.24, 2.45) is 6.98 Å². The summed E-state index contributed by atoms with van der Waals surface area (Å²) in [6.07, 6.45) is 3.40. The molecule has 1 fully saturated rings. The summed E-state index contributed by atoms with van der Waals surface area (Å²) in [5.41, 5.74) is 1.31. The lowest BCUT2D eigenvalue weighted by molar-refractivity contribution is 0.138. The number of nitrogens with zero attached hydrogens (tertiary/aromatic N) is 6. The molecule has 0 bridgehead atoms. The van der Waals surface area contributed by atoms with Crippen molar-refractivity contribution in [3.63, 3.8) is 0 Å². The first kappa shape index (κ1) is 15.7. The monoisotopic (exact) mass is 400 g/mol. The number of rotatable bonds is 7. The van der Waals surface area contributed by atoms with Crippen LogP contribution in [0.3, 0.4) is 0 Å². The Balaban J connectivity index is 1.70. The first-order valence-corrected chi connectivity index (χ1v) is 9.18. The minimum absolute atomic E-state index is 0.126. The predicted molar refractivity (Wildman–Crippen MR) is 105 cm³/mol. The summed E-state index contributed by atoms with van der Waals surface area (Å²) in [6.45, 7) is 0.837. The third-order valence-corrected chi connectivity index (χ3v) is 4.63. The highest BCUT2D eigenvalue weighted by Crippen LogP contribution is 2.28. The van der Waals surface area contributed by atoms with Crippen LogP contribution in [0.4, 0.5) is 11.6 Å². The third-order valence-electron chi connectivity index (χ3n) is 4.63. The first-order chi connectivity index (χ1) is 15.3. The molecule has 152 valence electrons. The highest BCUT2D eigenvalue weighted by Gasteiger charge is 2.22. The number of hydrogen-bond donors (Lipinski definition) is 1. The Hall–Kier alpha value is -3.16. The molecule has 0 radical (unpaired) electrons. The molecular formula is C19H23N7O3. The van der Waals surface area contributed by atoms with Crippen molar-refractivity contribution in [2.75, 3.05) is 32.2 Å². The normalized spacial score (nSPS) is 19.3. The molecule has 1 saturated heterocycles. The summed E-state index contributed by atoms with van der Waals surface area (Å²) >= 11 is 0. The Labute approximate surface area is 172 Å². The van der Waals surface area contributed by atoms with E-state index in [-0.39, 0.29) is 24.0 Å². The second-order valence-corrected chi connectivity index (χ2v) is 6.81. The van der Waals surface area contributed by atoms with Crippen molar-refractivity contribution in [1.82, 2.24) is 24.3 Å². The fraction of sp³-hybridized carbons (Fsp3) is 0.474. The smallest absolute Gasteiger partial charge is 0.257 e. The Morgan fingerprint density at radius 3 is 3.17 bits per heavy atom. The van der Waals surface area contributed by atoms with Crippen molar-refractivity contribution < 1.29 is 18.3 Å². The lowest BCUT2D eigenvalue weighted by Crippen LogP contribution is -2.16. The third kappa shape index (κ3) is 3.87. The molecule has 4 rings (SSSR count). The number of nitriles is 1. The van der Waals surface area contributed by atoms with Crippen LogP contribution in [-0.4, -0.2) is 57.3 Å². The summed E-state index contributed by atoms with van der Waals surface area (Å²) in [7, 11) is 1.59. The molecule has 3 aromatic rings. The van der Waals surface area contributed by atoms with Crippen molar-refractivity contribution in [3.8, 4) is 11.9 Å². The van der Waals surface area contributed by atoms with Gasteiger partial charge in [-0.15, -0.1) is 5.10 Å². The van der Waals surface area contributed by atoms with E-state index in [2.05, 4.69) is 26.5 Å². The van der Waals surface area contributed by atoms with Crippen LogP contribution in [0.5, 0.6) is 5.88 Å². The minimum Gasteiger partial charge on any atom is -0.469 e. The van der Waals surface area contributed by atoms with Gasteiger partial charge in [0.15, 0.2) is 0 Å². The SMILES string of the molecule is [2H]C([2H])([2H])n1cc(Nc2ncc3cc(C#N)n([C@@H](C)COC)c3n2)c(O[C@H]2CCOC2)n1. The molecular weight excluding hydrogens is 374 g/mol. The van der Waals surface area contributed by atoms with Gasteiger partial charge in [-0.1, -0.05) is 0 Å². The Morgan fingerprint density at radius 2 is 2.45 bits per heavy atom. The van der Waals surface area contributed by atoms with Crippen LogP contribution >= 0.6 is 0 Å². The van der Waals surface area contributed by atoms with E-state index >= 15 is 0 Å². The topological polar surface area (TPSA) is 112 Å². The summed E-state index contributed by atoms with van der Waals surface area (Å²) in [4.78, 5) is 8.87. The number of nitrogens with one attached hydrogen (secondary N) is 1. The maximum atomic E-state index is 9.53. The van der Waals surface area contributed by atoms with E-state index in [1.807, 2.05) is 6.92 Å². The maximum Gasteiger partial charge on any atom is 0.257 e. The van der Waals surface area contributed by atoms with Crippen molar-refractivity contribution >= 4 is 22.7 Å². The number of aryl methyl sites for hydroxylation is 1. The lowest BCUT2D eigenvalue weighted by atomic mass is 10.3. The molecule has 0 unspecified atom stereocenters. The zero-order valence-electron chi connectivity index (χ0n) is 19.1. The molecule has 0 amide bonds. The van der Waals surface area contributed by atoms with E-state index in [9.17, 15) is 5.26 Å². The quantitative estimate of drug-likeness (QED) is 0.642. The average molecular weight is 400 g/mol. The average Bonchev–Trinajstić information content (AvgIpc) is 3.47. The number of anilines is 2. The molecule has 29 heavy (non-hydrogen) atoms. The van der Waals surface area contributed by atoms with E-state index in [0.717, 1.165) is 4.68 Å². The molecule has 10 nitrogen and oxygen atoms in total. The van der Waals surface area contributed by atoms with E-state index in [1.54, 1.807) is 23.9 Å². The summed E-state index contributed by atoms with van der Waals surface area (Å²) in [6, 6.07) is 3.76. The molecule has 3 aromatic heterocycles. The van der Waals surface area contributed by atoms with Crippen molar-refractivity contribution in [3.05, 3.63) is 24.2 Å². The van der Waals surface area contributed by atoms with Crippen molar-refractivity contribution in [2.45, 2.75) is 25.5 Å². The number of methoxy groups -OCH3 is 1. The van der Waals surface area contributed by atoms with Gasteiger partial charge in [-0.05, 0) is 13.0 Å². The maximum absolute atomic E-state index is 9.53. The van der Waals surface area contributed by atoms with E-state index in [0.29, 0.717) is 48.7 Å². The standard InChI is InChI=1S/C19H23N7O3/c1-12(10-27-3)26-14(7-20)6-13-8-21-19(23-17(13)26)22-16-9-25(2)24-18(16)29-15-4-5-28-11-15/h6,8-9,12,15H,4-5,10-11H2,1-3H3,(H,21,22,23)/t12-,15-/m0/s1/i2D3. The van der Waals surface area contributed by atoms with Gasteiger partial charge in [0, 0.05) is 36.2 Å². The molecule has 0 spiro atoms. The molecule has 1 aliphatic rings. The van der Waals surface area contributed by atoms with E-state index in [4.69, 9.17) is 18.3 Å². The van der Waals surface area contributed by atoms with Crippen LogP contribution in [0.15, 0.2) is 18.5 Å². The number of ether oxygens (including phenoxy) is 3.